The van der Waals surface area contributed by atoms with Crippen LogP contribution in [0, 0.1) is 5.41 Å². The van der Waals surface area contributed by atoms with Gasteiger partial charge in [-0.3, -0.25) is 10.2 Å². The fraction of sp³-hybridized carbons (Fsp3) is 0. The number of carbonyl (C=O) groups is 1. The lowest BCUT2D eigenvalue weighted by Gasteiger charge is -2.09. The van der Waals surface area contributed by atoms with Crippen LogP contribution in [-0.4, -0.2) is 11.7 Å². The van der Waals surface area contributed by atoms with Crippen LogP contribution in [0.5, 0.6) is 0 Å². The lowest BCUT2D eigenvalue weighted by molar-refractivity contribution is 0.102. The topological polar surface area (TPSA) is 65.0 Å². The van der Waals surface area contributed by atoms with Crippen LogP contribution in [0.3, 0.4) is 0 Å². The maximum Gasteiger partial charge on any atom is 0.255 e. The Kier molecular flexibility index (Phi) is 4.91. The van der Waals surface area contributed by atoms with Gasteiger partial charge in [0.1, 0.15) is 0 Å². The first-order valence-corrected chi connectivity index (χ1v) is 6.71. The molecular weight excluding hydrogens is 305 g/mol. The molecule has 3 N–H and O–H groups in total. The molecule has 0 heterocycles. The quantitative estimate of drug-likeness (QED) is 0.575. The second-order valence-corrected chi connectivity index (χ2v) is 4.82. The zero-order valence-electron chi connectivity index (χ0n) is 11.5. The summed E-state index contributed by atoms with van der Waals surface area (Å²) in [6.45, 7) is 3.02. The van der Waals surface area contributed by atoms with E-state index in [2.05, 4.69) is 17.2 Å². The summed E-state index contributed by atoms with van der Waals surface area (Å²) in [4.78, 5) is 12.1. The second-order valence-electron chi connectivity index (χ2n) is 4.42. The predicted molar refractivity (Wildman–Crippen MR) is 87.4 cm³/mol. The molecule has 2 aromatic rings. The molecule has 4 nitrogen and oxygen atoms in total. The van der Waals surface area contributed by atoms with Gasteiger partial charge in [-0.2, -0.15) is 0 Å². The fourth-order valence-corrected chi connectivity index (χ4v) is 1.86. The summed E-state index contributed by atoms with van der Waals surface area (Å²) < 4.78 is 12.7. The number of benzene rings is 2. The molecular formula is C16H13ClFN3O. The summed E-state index contributed by atoms with van der Waals surface area (Å²) in [7, 11) is 0. The standard InChI is InChI=1S/C16H13ClFN3O/c1-10(18)15(19)20-12-8-6-11(7-9-12)16(22)21-14-5-3-2-4-13(14)17/h2-9H,1H2,(H2,19,20)(H,21,22). The van der Waals surface area contributed by atoms with Gasteiger partial charge in [0.2, 0.25) is 0 Å². The summed E-state index contributed by atoms with van der Waals surface area (Å²) >= 11 is 5.98. The number of anilines is 2. The number of halogens is 2. The number of amidine groups is 1. The van der Waals surface area contributed by atoms with Gasteiger partial charge in [0.15, 0.2) is 11.7 Å². The third-order valence-corrected chi connectivity index (χ3v) is 3.14. The van der Waals surface area contributed by atoms with E-state index in [0.29, 0.717) is 22.0 Å². The van der Waals surface area contributed by atoms with Crippen molar-refractivity contribution >= 4 is 34.7 Å². The molecule has 0 unspecified atom stereocenters. The van der Waals surface area contributed by atoms with E-state index in [9.17, 15) is 9.18 Å². The van der Waals surface area contributed by atoms with Crippen LogP contribution < -0.4 is 10.6 Å². The van der Waals surface area contributed by atoms with Crippen molar-refractivity contribution in [3.8, 4) is 0 Å². The maximum absolute atomic E-state index is 12.7. The highest BCUT2D eigenvalue weighted by Gasteiger charge is 2.08. The molecule has 0 spiro atoms. The zero-order chi connectivity index (χ0) is 16.1. The number of amides is 1. The Balaban J connectivity index is 2.07. The van der Waals surface area contributed by atoms with Crippen LogP contribution in [0.2, 0.25) is 5.02 Å². The van der Waals surface area contributed by atoms with Crippen molar-refractivity contribution < 1.29 is 9.18 Å². The summed E-state index contributed by atoms with van der Waals surface area (Å²) in [6, 6.07) is 13.2. The normalized spacial score (nSPS) is 9.91. The molecule has 1 amide bonds. The van der Waals surface area contributed by atoms with E-state index in [1.807, 2.05) is 0 Å². The van der Waals surface area contributed by atoms with Crippen molar-refractivity contribution in [1.29, 1.82) is 5.41 Å². The van der Waals surface area contributed by atoms with Gasteiger partial charge in [-0.25, -0.2) is 4.39 Å². The van der Waals surface area contributed by atoms with Crippen molar-refractivity contribution in [2.45, 2.75) is 0 Å². The predicted octanol–water partition coefficient (Wildman–Crippen LogP) is 4.46. The number of nitrogens with one attached hydrogen (secondary N) is 3. The molecule has 0 saturated carbocycles. The van der Waals surface area contributed by atoms with E-state index in [4.69, 9.17) is 17.0 Å². The van der Waals surface area contributed by atoms with E-state index in [-0.39, 0.29) is 5.91 Å². The Morgan fingerprint density at radius 2 is 1.73 bits per heavy atom. The van der Waals surface area contributed by atoms with Gasteiger partial charge in [0, 0.05) is 11.3 Å². The molecule has 0 aromatic heterocycles. The Bertz CT molecular complexity index is 728. The number of para-hydroxylation sites is 1. The SMILES string of the molecule is C=C(F)C(=N)Nc1ccc(C(=O)Nc2ccccc2Cl)cc1. The first kappa shape index (κ1) is 15.7. The summed E-state index contributed by atoms with van der Waals surface area (Å²) in [6.07, 6.45) is 0. The third kappa shape index (κ3) is 3.93. The van der Waals surface area contributed by atoms with E-state index < -0.39 is 11.7 Å². The van der Waals surface area contributed by atoms with Gasteiger partial charge in [0.25, 0.3) is 5.91 Å². The minimum absolute atomic E-state index is 0.315. The zero-order valence-corrected chi connectivity index (χ0v) is 12.2. The van der Waals surface area contributed by atoms with Gasteiger partial charge in [-0.1, -0.05) is 30.3 Å². The van der Waals surface area contributed by atoms with Gasteiger partial charge in [-0.15, -0.1) is 0 Å². The van der Waals surface area contributed by atoms with Crippen LogP contribution in [0.1, 0.15) is 10.4 Å². The largest absolute Gasteiger partial charge is 0.338 e. The average Bonchev–Trinajstić information content (AvgIpc) is 2.50. The molecule has 0 atom stereocenters. The molecule has 0 aliphatic rings. The molecule has 0 radical (unpaired) electrons. The highest BCUT2D eigenvalue weighted by Crippen LogP contribution is 2.21. The van der Waals surface area contributed by atoms with Crippen LogP contribution in [0.4, 0.5) is 15.8 Å². The van der Waals surface area contributed by atoms with Gasteiger partial charge < -0.3 is 10.6 Å². The van der Waals surface area contributed by atoms with Gasteiger partial charge in [0.05, 0.1) is 10.7 Å². The Labute approximate surface area is 132 Å². The molecule has 0 fully saturated rings. The van der Waals surface area contributed by atoms with Gasteiger partial charge >= 0.3 is 0 Å². The monoisotopic (exact) mass is 317 g/mol. The lowest BCUT2D eigenvalue weighted by atomic mass is 10.2. The van der Waals surface area contributed by atoms with Crippen molar-refractivity contribution in [2.24, 2.45) is 0 Å². The van der Waals surface area contributed by atoms with Crippen molar-refractivity contribution in [3.63, 3.8) is 0 Å². The van der Waals surface area contributed by atoms with Crippen molar-refractivity contribution in [2.75, 3.05) is 10.6 Å². The summed E-state index contributed by atoms with van der Waals surface area (Å²) in [5.74, 6) is -1.60. The molecule has 0 aliphatic heterocycles. The average molecular weight is 318 g/mol. The molecule has 2 rings (SSSR count). The lowest BCUT2D eigenvalue weighted by Crippen LogP contribution is -2.13. The number of rotatable bonds is 4. The first-order chi connectivity index (χ1) is 10.5. The molecule has 112 valence electrons. The van der Waals surface area contributed by atoms with E-state index >= 15 is 0 Å². The first-order valence-electron chi connectivity index (χ1n) is 6.33. The van der Waals surface area contributed by atoms with Crippen LogP contribution in [0.15, 0.2) is 60.9 Å². The van der Waals surface area contributed by atoms with Gasteiger partial charge in [-0.05, 0) is 36.4 Å². The molecule has 0 saturated heterocycles. The summed E-state index contributed by atoms with van der Waals surface area (Å²) in [5.41, 5.74) is 1.42. The van der Waals surface area contributed by atoms with Crippen LogP contribution >= 0.6 is 11.6 Å². The second kappa shape index (κ2) is 6.87. The molecule has 6 heteroatoms. The number of hydrogen-bond donors (Lipinski definition) is 3. The Morgan fingerprint density at radius 1 is 1.09 bits per heavy atom. The third-order valence-electron chi connectivity index (χ3n) is 2.81. The highest BCUT2D eigenvalue weighted by atomic mass is 35.5. The maximum atomic E-state index is 12.7. The van der Waals surface area contributed by atoms with E-state index in [1.54, 1.807) is 48.5 Å². The van der Waals surface area contributed by atoms with Crippen LogP contribution in [-0.2, 0) is 0 Å². The molecule has 22 heavy (non-hydrogen) atoms. The molecule has 0 aliphatic carbocycles. The Morgan fingerprint density at radius 3 is 2.32 bits per heavy atom. The fourth-order valence-electron chi connectivity index (χ4n) is 1.67. The molecule has 0 bridgehead atoms. The van der Waals surface area contributed by atoms with Crippen LogP contribution in [0.25, 0.3) is 0 Å². The highest BCUT2D eigenvalue weighted by molar-refractivity contribution is 6.33. The summed E-state index contributed by atoms with van der Waals surface area (Å²) in [5, 5.41) is 13.0. The minimum Gasteiger partial charge on any atom is -0.338 e. The number of hydrogen-bond acceptors (Lipinski definition) is 2. The smallest absolute Gasteiger partial charge is 0.255 e. The molecule has 2 aromatic carbocycles. The Hall–Kier alpha value is -2.66. The van der Waals surface area contributed by atoms with Crippen molar-refractivity contribution in [3.05, 3.63) is 71.5 Å². The van der Waals surface area contributed by atoms with E-state index in [1.165, 1.54) is 0 Å². The van der Waals surface area contributed by atoms with Crippen molar-refractivity contribution in [1.82, 2.24) is 0 Å². The van der Waals surface area contributed by atoms with E-state index in [0.717, 1.165) is 0 Å². The minimum atomic E-state index is -0.861. The number of carbonyl (C=O) groups excluding carboxylic acids is 1.